The number of rotatable bonds is 8. The molecule has 0 aliphatic carbocycles. The van der Waals surface area contributed by atoms with Crippen molar-refractivity contribution in [3.63, 3.8) is 0 Å². The zero-order chi connectivity index (χ0) is 20.5. The molecule has 3 amide bonds. The fourth-order valence-electron chi connectivity index (χ4n) is 1.83. The number of alkyl carbamates (subject to hydrolysis) is 1. The minimum Gasteiger partial charge on any atom is -0.467 e. The molecule has 150 valence electrons. The van der Waals surface area contributed by atoms with Crippen LogP contribution in [0, 0.1) is 0 Å². The minimum absolute atomic E-state index is 0.124. The maximum Gasteiger partial charge on any atom is 0.407 e. The Labute approximate surface area is 154 Å². The largest absolute Gasteiger partial charge is 0.467 e. The molecule has 0 aliphatic rings. The molecule has 0 saturated carbocycles. The van der Waals surface area contributed by atoms with Gasteiger partial charge < -0.3 is 25.4 Å². The standard InChI is InChI=1S/C17H31N3O6/c1-11(13(22)25-7)19-14(23)17(5,6)20-12(21)9-8-10-18-15(24)26-16(2,3)4/h11H,8-10H2,1-7H3,(H,18,24)(H,19,23)(H,20,21). The lowest BCUT2D eigenvalue weighted by atomic mass is 10.0. The summed E-state index contributed by atoms with van der Waals surface area (Å²) in [6, 6.07) is -0.818. The molecule has 0 radical (unpaired) electrons. The Bertz CT molecular complexity index is 525. The normalized spacial score (nSPS) is 12.6. The molecule has 3 N–H and O–H groups in total. The summed E-state index contributed by atoms with van der Waals surface area (Å²) < 4.78 is 9.62. The van der Waals surface area contributed by atoms with Crippen LogP contribution in [0.15, 0.2) is 0 Å². The van der Waals surface area contributed by atoms with Crippen LogP contribution in [-0.4, -0.2) is 54.7 Å². The average Bonchev–Trinajstić information content (AvgIpc) is 2.48. The van der Waals surface area contributed by atoms with Crippen molar-refractivity contribution in [3.8, 4) is 0 Å². The first kappa shape index (κ1) is 23.7. The monoisotopic (exact) mass is 373 g/mol. The number of carbonyl (C=O) groups is 4. The third kappa shape index (κ3) is 9.85. The van der Waals surface area contributed by atoms with Gasteiger partial charge in [0.2, 0.25) is 11.8 Å². The number of hydrogen-bond donors (Lipinski definition) is 3. The van der Waals surface area contributed by atoms with Crippen molar-refractivity contribution in [1.29, 1.82) is 0 Å². The average molecular weight is 373 g/mol. The Morgan fingerprint density at radius 2 is 1.62 bits per heavy atom. The van der Waals surface area contributed by atoms with Gasteiger partial charge in [0.15, 0.2) is 0 Å². The number of amides is 3. The quantitative estimate of drug-likeness (QED) is 0.428. The van der Waals surface area contributed by atoms with Crippen LogP contribution < -0.4 is 16.0 Å². The van der Waals surface area contributed by atoms with Crippen LogP contribution >= 0.6 is 0 Å². The van der Waals surface area contributed by atoms with E-state index < -0.39 is 35.2 Å². The molecule has 0 rings (SSSR count). The third-order valence-electron chi connectivity index (χ3n) is 3.17. The Hall–Kier alpha value is -2.32. The zero-order valence-corrected chi connectivity index (χ0v) is 16.6. The highest BCUT2D eigenvalue weighted by atomic mass is 16.6. The molecule has 0 aromatic carbocycles. The van der Waals surface area contributed by atoms with Gasteiger partial charge in [0.1, 0.15) is 17.2 Å². The van der Waals surface area contributed by atoms with E-state index in [2.05, 4.69) is 20.7 Å². The molecule has 0 aromatic heterocycles. The second-order valence-corrected chi connectivity index (χ2v) is 7.42. The fourth-order valence-corrected chi connectivity index (χ4v) is 1.83. The van der Waals surface area contributed by atoms with Crippen molar-refractivity contribution in [2.24, 2.45) is 0 Å². The zero-order valence-electron chi connectivity index (χ0n) is 16.6. The first-order valence-electron chi connectivity index (χ1n) is 8.45. The molecule has 0 aromatic rings. The van der Waals surface area contributed by atoms with Crippen LogP contribution in [0.1, 0.15) is 54.4 Å². The molecule has 0 bridgehead atoms. The molecular weight excluding hydrogens is 342 g/mol. The molecule has 1 unspecified atom stereocenters. The van der Waals surface area contributed by atoms with Crippen molar-refractivity contribution >= 4 is 23.9 Å². The fraction of sp³-hybridized carbons (Fsp3) is 0.765. The van der Waals surface area contributed by atoms with Gasteiger partial charge in [0.25, 0.3) is 0 Å². The predicted molar refractivity (Wildman–Crippen MR) is 95.3 cm³/mol. The van der Waals surface area contributed by atoms with Gasteiger partial charge in [0.05, 0.1) is 7.11 Å². The van der Waals surface area contributed by atoms with Gasteiger partial charge in [-0.3, -0.25) is 9.59 Å². The second-order valence-electron chi connectivity index (χ2n) is 7.42. The van der Waals surface area contributed by atoms with Crippen LogP contribution in [0.5, 0.6) is 0 Å². The smallest absolute Gasteiger partial charge is 0.407 e. The summed E-state index contributed by atoms with van der Waals surface area (Å²) in [5.74, 6) is -1.42. The summed E-state index contributed by atoms with van der Waals surface area (Å²) in [6.07, 6.45) is -0.0326. The van der Waals surface area contributed by atoms with Crippen LogP contribution in [0.2, 0.25) is 0 Å². The van der Waals surface area contributed by atoms with Gasteiger partial charge in [-0.2, -0.15) is 0 Å². The maximum absolute atomic E-state index is 12.2. The molecule has 9 heteroatoms. The van der Waals surface area contributed by atoms with E-state index in [9.17, 15) is 19.2 Å². The Balaban J connectivity index is 4.26. The summed E-state index contributed by atoms with van der Waals surface area (Å²) in [6.45, 7) is 10.1. The number of methoxy groups -OCH3 is 1. The lowest BCUT2D eigenvalue weighted by Crippen LogP contribution is -2.57. The number of esters is 1. The highest BCUT2D eigenvalue weighted by molar-refractivity contribution is 5.93. The summed E-state index contributed by atoms with van der Waals surface area (Å²) in [4.78, 5) is 47.0. The number of ether oxygens (including phenoxy) is 2. The molecule has 0 aliphatic heterocycles. The highest BCUT2D eigenvalue weighted by Gasteiger charge is 2.31. The van der Waals surface area contributed by atoms with Gasteiger partial charge in [0, 0.05) is 13.0 Å². The Morgan fingerprint density at radius 1 is 1.04 bits per heavy atom. The topological polar surface area (TPSA) is 123 Å². The van der Waals surface area contributed by atoms with Crippen molar-refractivity contribution in [1.82, 2.24) is 16.0 Å². The van der Waals surface area contributed by atoms with Gasteiger partial charge in [-0.1, -0.05) is 0 Å². The summed E-state index contributed by atoms with van der Waals surface area (Å²) >= 11 is 0. The molecule has 0 fully saturated rings. The van der Waals surface area contributed by atoms with Crippen LogP contribution in [-0.2, 0) is 23.9 Å². The van der Waals surface area contributed by atoms with Crippen LogP contribution in [0.25, 0.3) is 0 Å². The number of carbonyl (C=O) groups excluding carboxylic acids is 4. The lowest BCUT2D eigenvalue weighted by molar-refractivity contribution is -0.145. The van der Waals surface area contributed by atoms with Crippen LogP contribution in [0.3, 0.4) is 0 Å². The molecule has 0 saturated heterocycles. The predicted octanol–water partition coefficient (Wildman–Crippen LogP) is 0.864. The van der Waals surface area contributed by atoms with Gasteiger partial charge >= 0.3 is 12.1 Å². The molecular formula is C17H31N3O6. The molecule has 0 heterocycles. The summed E-state index contributed by atoms with van der Waals surface area (Å²) in [7, 11) is 1.23. The molecule has 1 atom stereocenters. The first-order chi connectivity index (χ1) is 11.8. The molecule has 26 heavy (non-hydrogen) atoms. The molecule has 9 nitrogen and oxygen atoms in total. The van der Waals surface area contributed by atoms with Crippen molar-refractivity contribution in [2.75, 3.05) is 13.7 Å². The van der Waals surface area contributed by atoms with Gasteiger partial charge in [-0.05, 0) is 48.0 Å². The van der Waals surface area contributed by atoms with Gasteiger partial charge in [-0.15, -0.1) is 0 Å². The minimum atomic E-state index is -1.20. The van der Waals surface area contributed by atoms with E-state index >= 15 is 0 Å². The highest BCUT2D eigenvalue weighted by Crippen LogP contribution is 2.07. The van der Waals surface area contributed by atoms with Crippen molar-refractivity contribution in [3.05, 3.63) is 0 Å². The van der Waals surface area contributed by atoms with E-state index in [-0.39, 0.29) is 18.9 Å². The second kappa shape index (κ2) is 9.98. The Morgan fingerprint density at radius 3 is 2.12 bits per heavy atom. The number of nitrogens with one attached hydrogen (secondary N) is 3. The SMILES string of the molecule is COC(=O)C(C)NC(=O)C(C)(C)NC(=O)CCCNC(=O)OC(C)(C)C. The Kier molecular flexibility index (Phi) is 9.09. The lowest BCUT2D eigenvalue weighted by Gasteiger charge is -2.26. The molecule has 0 spiro atoms. The first-order valence-corrected chi connectivity index (χ1v) is 8.45. The summed E-state index contributed by atoms with van der Waals surface area (Å²) in [5, 5.41) is 7.63. The summed E-state index contributed by atoms with van der Waals surface area (Å²) in [5.41, 5.74) is -1.78. The van der Waals surface area contributed by atoms with E-state index in [1.165, 1.54) is 27.9 Å². The van der Waals surface area contributed by atoms with E-state index in [0.29, 0.717) is 6.42 Å². The van der Waals surface area contributed by atoms with E-state index in [0.717, 1.165) is 0 Å². The van der Waals surface area contributed by atoms with E-state index in [1.54, 1.807) is 20.8 Å². The maximum atomic E-state index is 12.2. The van der Waals surface area contributed by atoms with Crippen molar-refractivity contribution < 1.29 is 28.7 Å². The van der Waals surface area contributed by atoms with Crippen LogP contribution in [0.4, 0.5) is 4.79 Å². The van der Waals surface area contributed by atoms with E-state index in [1.807, 2.05) is 0 Å². The van der Waals surface area contributed by atoms with E-state index in [4.69, 9.17) is 4.74 Å². The van der Waals surface area contributed by atoms with Crippen molar-refractivity contribution in [2.45, 2.75) is 71.6 Å². The third-order valence-corrected chi connectivity index (χ3v) is 3.17. The van der Waals surface area contributed by atoms with Gasteiger partial charge in [-0.25, -0.2) is 9.59 Å². The number of hydrogen-bond acceptors (Lipinski definition) is 6.